The van der Waals surface area contributed by atoms with Crippen molar-refractivity contribution in [3.05, 3.63) is 12.2 Å². The standard InChI is InChI=1S/C40H78NO8P/c1-3-5-7-9-11-13-15-16-17-18-19-20-21-22-23-25-27-29-31-33-40(44)47-36-38(42)37-49-50(45,46)48-35-34-41-39(43)32-30-28-26-24-14-12-10-8-6-4-2/h8,10,38,42H,3-7,9,11-37H2,1-2H3,(H,41,43)(H,45,46)/b10-8-. The van der Waals surface area contributed by atoms with Crippen molar-refractivity contribution in [2.45, 2.75) is 206 Å². The lowest BCUT2D eigenvalue weighted by Crippen LogP contribution is -2.27. The third-order valence-electron chi connectivity index (χ3n) is 8.93. The van der Waals surface area contributed by atoms with Gasteiger partial charge in [0.05, 0.1) is 13.2 Å². The normalized spacial score (nSPS) is 13.4. The molecule has 3 N–H and O–H groups in total. The molecule has 296 valence electrons. The Morgan fingerprint density at radius 3 is 1.58 bits per heavy atom. The van der Waals surface area contributed by atoms with Gasteiger partial charge in [0, 0.05) is 19.4 Å². The number of amides is 1. The second kappa shape index (κ2) is 37.5. The van der Waals surface area contributed by atoms with E-state index < -0.39 is 26.5 Å². The van der Waals surface area contributed by atoms with Gasteiger partial charge in [-0.1, -0.05) is 167 Å². The van der Waals surface area contributed by atoms with Crippen LogP contribution in [-0.4, -0.2) is 54.3 Å². The number of carbonyl (C=O) groups excluding carboxylic acids is 2. The van der Waals surface area contributed by atoms with E-state index in [4.69, 9.17) is 13.8 Å². The van der Waals surface area contributed by atoms with Crippen molar-refractivity contribution in [1.82, 2.24) is 5.32 Å². The lowest BCUT2D eigenvalue weighted by atomic mass is 10.0. The molecule has 0 saturated heterocycles. The predicted molar refractivity (Wildman–Crippen MR) is 206 cm³/mol. The maximum Gasteiger partial charge on any atom is 0.472 e. The Hall–Kier alpha value is -1.25. The van der Waals surface area contributed by atoms with Crippen LogP contribution in [0.5, 0.6) is 0 Å². The van der Waals surface area contributed by atoms with Crippen LogP contribution in [0.1, 0.15) is 200 Å². The SMILES string of the molecule is CCC/C=C\CCCCCCCC(=O)NCCOP(=O)(O)OCC(O)COC(=O)CCCCCCCCCCCCCCCCCCCCC. The molecule has 10 heteroatoms. The number of phosphoric acid groups is 1. The van der Waals surface area contributed by atoms with E-state index in [-0.39, 0.29) is 32.1 Å². The molecular formula is C40H78NO8P. The Morgan fingerprint density at radius 2 is 1.06 bits per heavy atom. The van der Waals surface area contributed by atoms with Gasteiger partial charge in [0.1, 0.15) is 12.7 Å². The number of nitrogens with one attached hydrogen (secondary N) is 1. The van der Waals surface area contributed by atoms with Crippen molar-refractivity contribution in [3.63, 3.8) is 0 Å². The van der Waals surface area contributed by atoms with Crippen LogP contribution in [0, 0.1) is 0 Å². The second-order valence-corrected chi connectivity index (χ2v) is 15.4. The van der Waals surface area contributed by atoms with Crippen LogP contribution in [0.4, 0.5) is 0 Å². The minimum Gasteiger partial charge on any atom is -0.463 e. The van der Waals surface area contributed by atoms with Crippen molar-refractivity contribution < 1.29 is 37.9 Å². The van der Waals surface area contributed by atoms with Crippen LogP contribution in [-0.2, 0) is 27.9 Å². The van der Waals surface area contributed by atoms with E-state index >= 15 is 0 Å². The fourth-order valence-corrected chi connectivity index (χ4v) is 6.55. The zero-order valence-corrected chi connectivity index (χ0v) is 33.3. The van der Waals surface area contributed by atoms with Gasteiger partial charge in [-0.25, -0.2) is 4.57 Å². The molecule has 2 unspecified atom stereocenters. The van der Waals surface area contributed by atoms with E-state index in [1.807, 2.05) is 0 Å². The molecule has 0 radical (unpaired) electrons. The highest BCUT2D eigenvalue weighted by Gasteiger charge is 2.23. The molecule has 0 spiro atoms. The third-order valence-corrected chi connectivity index (χ3v) is 9.91. The molecule has 0 aliphatic carbocycles. The zero-order chi connectivity index (χ0) is 36.8. The summed E-state index contributed by atoms with van der Waals surface area (Å²) < 4.78 is 26.8. The summed E-state index contributed by atoms with van der Waals surface area (Å²) in [7, 11) is -4.41. The summed E-state index contributed by atoms with van der Waals surface area (Å²) in [5.74, 6) is -0.521. The van der Waals surface area contributed by atoms with Gasteiger partial charge in [0.15, 0.2) is 0 Å². The van der Waals surface area contributed by atoms with Gasteiger partial charge in [-0.3, -0.25) is 18.6 Å². The molecule has 0 aromatic rings. The van der Waals surface area contributed by atoms with E-state index in [0.29, 0.717) is 6.42 Å². The van der Waals surface area contributed by atoms with E-state index in [9.17, 15) is 24.2 Å². The molecule has 1 amide bonds. The van der Waals surface area contributed by atoms with Gasteiger partial charge in [0.2, 0.25) is 5.91 Å². The molecule has 0 aromatic carbocycles. The molecular weight excluding hydrogens is 653 g/mol. The smallest absolute Gasteiger partial charge is 0.463 e. The molecule has 0 rings (SSSR count). The highest BCUT2D eigenvalue weighted by atomic mass is 31.2. The monoisotopic (exact) mass is 732 g/mol. The summed E-state index contributed by atoms with van der Waals surface area (Å²) >= 11 is 0. The zero-order valence-electron chi connectivity index (χ0n) is 32.4. The van der Waals surface area contributed by atoms with Gasteiger partial charge in [0.25, 0.3) is 0 Å². The third kappa shape index (κ3) is 38.0. The minimum absolute atomic E-state index is 0.0798. The van der Waals surface area contributed by atoms with E-state index in [0.717, 1.165) is 57.8 Å². The number of hydrogen-bond donors (Lipinski definition) is 3. The topological polar surface area (TPSA) is 131 Å². The Morgan fingerprint density at radius 1 is 0.600 bits per heavy atom. The highest BCUT2D eigenvalue weighted by Crippen LogP contribution is 2.42. The van der Waals surface area contributed by atoms with Crippen molar-refractivity contribution >= 4 is 19.7 Å². The van der Waals surface area contributed by atoms with Gasteiger partial charge in [-0.15, -0.1) is 0 Å². The molecule has 0 saturated carbocycles. The molecule has 0 bridgehead atoms. The maximum absolute atomic E-state index is 12.0. The van der Waals surface area contributed by atoms with Crippen LogP contribution in [0.25, 0.3) is 0 Å². The number of ether oxygens (including phenoxy) is 1. The highest BCUT2D eigenvalue weighted by molar-refractivity contribution is 7.47. The first kappa shape index (κ1) is 48.8. The molecule has 9 nitrogen and oxygen atoms in total. The lowest BCUT2D eigenvalue weighted by molar-refractivity contribution is -0.147. The summed E-state index contributed by atoms with van der Waals surface area (Å²) in [4.78, 5) is 33.8. The number of aliphatic hydroxyl groups excluding tert-OH is 1. The Kier molecular flexibility index (Phi) is 36.6. The quantitative estimate of drug-likeness (QED) is 0.0246. The van der Waals surface area contributed by atoms with E-state index in [1.165, 1.54) is 116 Å². The molecule has 0 fully saturated rings. The maximum atomic E-state index is 12.0. The molecule has 2 atom stereocenters. The van der Waals surface area contributed by atoms with Gasteiger partial charge >= 0.3 is 13.8 Å². The fraction of sp³-hybridized carbons (Fsp3) is 0.900. The van der Waals surface area contributed by atoms with E-state index in [1.54, 1.807) is 0 Å². The minimum atomic E-state index is -4.41. The first-order valence-electron chi connectivity index (χ1n) is 20.7. The molecule has 0 aliphatic heterocycles. The molecule has 0 heterocycles. The summed E-state index contributed by atoms with van der Waals surface area (Å²) in [6, 6.07) is 0. The number of carbonyl (C=O) groups is 2. The average Bonchev–Trinajstić information content (AvgIpc) is 3.10. The predicted octanol–water partition coefficient (Wildman–Crippen LogP) is 11.0. The van der Waals surface area contributed by atoms with Crippen molar-refractivity contribution in [1.29, 1.82) is 0 Å². The summed E-state index contributed by atoms with van der Waals surface area (Å²) in [6.07, 6.45) is 37.2. The van der Waals surface area contributed by atoms with Crippen LogP contribution in [0.3, 0.4) is 0 Å². The number of hydrogen-bond acceptors (Lipinski definition) is 7. The van der Waals surface area contributed by atoms with Crippen LogP contribution in [0.15, 0.2) is 12.2 Å². The van der Waals surface area contributed by atoms with Gasteiger partial charge in [-0.2, -0.15) is 0 Å². The Bertz CT molecular complexity index is 840. The largest absolute Gasteiger partial charge is 0.472 e. The number of esters is 1. The van der Waals surface area contributed by atoms with Gasteiger partial charge < -0.3 is 20.1 Å². The van der Waals surface area contributed by atoms with Crippen LogP contribution in [0.2, 0.25) is 0 Å². The lowest BCUT2D eigenvalue weighted by Gasteiger charge is -2.15. The summed E-state index contributed by atoms with van der Waals surface area (Å²) in [5, 5.41) is 12.7. The average molecular weight is 732 g/mol. The van der Waals surface area contributed by atoms with Crippen molar-refractivity contribution in [3.8, 4) is 0 Å². The molecule has 0 aliphatic rings. The van der Waals surface area contributed by atoms with E-state index in [2.05, 4.69) is 31.3 Å². The molecule has 0 aromatic heterocycles. The number of aliphatic hydroxyl groups is 1. The van der Waals surface area contributed by atoms with Gasteiger partial charge in [-0.05, 0) is 32.1 Å². The Labute approximate surface area is 307 Å². The van der Waals surface area contributed by atoms with Crippen molar-refractivity contribution in [2.24, 2.45) is 0 Å². The van der Waals surface area contributed by atoms with Crippen molar-refractivity contribution in [2.75, 3.05) is 26.4 Å². The van der Waals surface area contributed by atoms with Crippen LogP contribution >= 0.6 is 7.82 Å². The number of allylic oxidation sites excluding steroid dienone is 2. The first-order valence-corrected chi connectivity index (χ1v) is 22.2. The first-order chi connectivity index (χ1) is 24.3. The second-order valence-electron chi connectivity index (χ2n) is 14.0. The fourth-order valence-electron chi connectivity index (χ4n) is 5.79. The number of phosphoric ester groups is 1. The Balaban J connectivity index is 3.55. The number of unbranched alkanes of at least 4 members (excludes halogenated alkanes) is 24. The van der Waals surface area contributed by atoms with Crippen LogP contribution < -0.4 is 5.32 Å². The summed E-state index contributed by atoms with van der Waals surface area (Å²) in [6.45, 7) is 3.50. The summed E-state index contributed by atoms with van der Waals surface area (Å²) in [5.41, 5.74) is 0. The number of rotatable bonds is 39. The molecule has 50 heavy (non-hydrogen) atoms.